The molecule has 0 saturated carbocycles. The van der Waals surface area contributed by atoms with Gasteiger partial charge in [-0.3, -0.25) is 4.79 Å². The summed E-state index contributed by atoms with van der Waals surface area (Å²) >= 11 is 0. The van der Waals surface area contributed by atoms with Crippen molar-refractivity contribution in [3.8, 4) is 0 Å². The Balaban J connectivity index is 1.79. The predicted octanol–water partition coefficient (Wildman–Crippen LogP) is 1.09. The number of nitrogens with one attached hydrogen (secondary N) is 1. The average Bonchev–Trinajstić information content (AvgIpc) is 3.01. The van der Waals surface area contributed by atoms with E-state index in [2.05, 4.69) is 20.2 Å². The lowest BCUT2D eigenvalue weighted by molar-refractivity contribution is 0.605. The number of rotatable bonds is 3. The molecular weight excluding hydrogens is 402 g/mol. The van der Waals surface area contributed by atoms with Gasteiger partial charge in [0.2, 0.25) is 0 Å². The monoisotopic (exact) mass is 423 g/mol. The molecule has 2 aromatic rings. The highest BCUT2D eigenvalue weighted by atomic mass is 32.2. The summed E-state index contributed by atoms with van der Waals surface area (Å²) in [7, 11) is -1.59. The highest BCUT2D eigenvalue weighted by molar-refractivity contribution is 7.91. The van der Waals surface area contributed by atoms with Crippen LogP contribution in [-0.4, -0.2) is 47.5 Å². The van der Waals surface area contributed by atoms with Crippen LogP contribution in [0.25, 0.3) is 11.3 Å². The molecule has 3 aliphatic rings. The molecule has 0 saturated heterocycles. The summed E-state index contributed by atoms with van der Waals surface area (Å²) in [6.45, 7) is 0.700. The van der Waals surface area contributed by atoms with Gasteiger partial charge >= 0.3 is 0 Å². The number of hydrogen-bond acceptors (Lipinski definition) is 7. The Morgan fingerprint density at radius 3 is 2.87 bits per heavy atom. The van der Waals surface area contributed by atoms with Gasteiger partial charge in [0, 0.05) is 44.0 Å². The van der Waals surface area contributed by atoms with E-state index in [-0.39, 0.29) is 17.4 Å². The van der Waals surface area contributed by atoms with Crippen LogP contribution in [0, 0.1) is 0 Å². The van der Waals surface area contributed by atoms with Crippen molar-refractivity contribution >= 4 is 26.9 Å². The molecular formula is C21H21N5O3S. The van der Waals surface area contributed by atoms with Crippen LogP contribution in [0.4, 0.5) is 5.82 Å². The van der Waals surface area contributed by atoms with Gasteiger partial charge in [-0.25, -0.2) is 18.4 Å². The third-order valence-electron chi connectivity index (χ3n) is 5.69. The van der Waals surface area contributed by atoms with Gasteiger partial charge in [0.05, 0.1) is 23.1 Å². The fraction of sp³-hybridized carbons (Fsp3) is 0.286. The van der Waals surface area contributed by atoms with E-state index in [1.54, 1.807) is 19.4 Å². The van der Waals surface area contributed by atoms with Gasteiger partial charge in [-0.2, -0.15) is 0 Å². The summed E-state index contributed by atoms with van der Waals surface area (Å²) in [5.41, 5.74) is 4.36. The van der Waals surface area contributed by atoms with Crippen molar-refractivity contribution in [2.24, 2.45) is 7.05 Å². The van der Waals surface area contributed by atoms with E-state index in [0.717, 1.165) is 29.1 Å². The highest BCUT2D eigenvalue weighted by Gasteiger charge is 2.39. The highest BCUT2D eigenvalue weighted by Crippen LogP contribution is 2.43. The first-order chi connectivity index (χ1) is 14.3. The first-order valence-electron chi connectivity index (χ1n) is 9.67. The van der Waals surface area contributed by atoms with E-state index < -0.39 is 9.84 Å². The van der Waals surface area contributed by atoms with Gasteiger partial charge in [-0.1, -0.05) is 0 Å². The molecule has 2 aromatic heterocycles. The first kappa shape index (κ1) is 18.8. The van der Waals surface area contributed by atoms with Crippen molar-refractivity contribution in [1.82, 2.24) is 19.9 Å². The Bertz CT molecular complexity index is 1310. The smallest absolute Gasteiger partial charge is 0.260 e. The molecule has 1 aliphatic carbocycles. The summed E-state index contributed by atoms with van der Waals surface area (Å²) < 4.78 is 25.9. The number of hydrogen-bond donors (Lipinski definition) is 1. The standard InChI is InChI=1S/C21H21N5O3S/c1-25-8-5-15-14(11-30(2,28)29)9-13-10-26(17-4-6-22-12-24-17)16-3-7-23-20(18(13)16)19(15)21(25)27/h4-6,8-10,12,16,23H,3,7,11H2,1-2H3. The zero-order valence-electron chi connectivity index (χ0n) is 16.7. The second kappa shape index (κ2) is 6.66. The third kappa shape index (κ3) is 2.97. The SMILES string of the molecule is Cn1ccc2c(c1=O)C1=C3C(=CN(c4ccncn4)C3CCN1)C=C2CS(C)(=O)=O. The lowest BCUT2D eigenvalue weighted by Crippen LogP contribution is -2.39. The minimum atomic E-state index is -3.30. The molecule has 1 N–H and O–H groups in total. The van der Waals surface area contributed by atoms with Crippen LogP contribution in [-0.2, 0) is 16.9 Å². The summed E-state index contributed by atoms with van der Waals surface area (Å²) in [5.74, 6) is 0.632. The maximum Gasteiger partial charge on any atom is 0.260 e. The zero-order chi connectivity index (χ0) is 21.0. The van der Waals surface area contributed by atoms with Crippen LogP contribution in [0.5, 0.6) is 0 Å². The Labute approximate surface area is 174 Å². The Kier molecular flexibility index (Phi) is 4.18. The van der Waals surface area contributed by atoms with Crippen LogP contribution in [0.15, 0.2) is 59.1 Å². The summed E-state index contributed by atoms with van der Waals surface area (Å²) in [5, 5.41) is 3.42. The molecule has 0 bridgehead atoms. The molecule has 1 atom stereocenters. The summed E-state index contributed by atoms with van der Waals surface area (Å²) in [4.78, 5) is 23.6. The molecule has 0 spiro atoms. The number of fused-ring (bicyclic) bond motifs is 2. The topological polar surface area (TPSA) is 97.2 Å². The van der Waals surface area contributed by atoms with Gasteiger partial charge in [0.15, 0.2) is 9.84 Å². The lowest BCUT2D eigenvalue weighted by Gasteiger charge is -2.31. The Morgan fingerprint density at radius 2 is 2.13 bits per heavy atom. The number of aromatic nitrogens is 3. The van der Waals surface area contributed by atoms with Gasteiger partial charge in [-0.15, -0.1) is 0 Å². The van der Waals surface area contributed by atoms with E-state index in [1.165, 1.54) is 17.2 Å². The van der Waals surface area contributed by atoms with Crippen molar-refractivity contribution in [1.29, 1.82) is 0 Å². The molecule has 9 heteroatoms. The van der Waals surface area contributed by atoms with Crippen molar-refractivity contribution < 1.29 is 8.42 Å². The van der Waals surface area contributed by atoms with Crippen LogP contribution in [0.3, 0.4) is 0 Å². The fourth-order valence-corrected chi connectivity index (χ4v) is 5.27. The second-order valence-electron chi connectivity index (χ2n) is 7.84. The summed E-state index contributed by atoms with van der Waals surface area (Å²) in [6, 6.07) is 3.69. The minimum absolute atomic E-state index is 0.0118. The van der Waals surface area contributed by atoms with Crippen molar-refractivity contribution in [2.45, 2.75) is 12.5 Å². The maximum absolute atomic E-state index is 13.2. The van der Waals surface area contributed by atoms with Crippen molar-refractivity contribution in [2.75, 3.05) is 23.5 Å². The zero-order valence-corrected chi connectivity index (χ0v) is 17.5. The van der Waals surface area contributed by atoms with E-state index in [9.17, 15) is 13.2 Å². The molecule has 2 aliphatic heterocycles. The second-order valence-corrected chi connectivity index (χ2v) is 9.98. The van der Waals surface area contributed by atoms with E-state index >= 15 is 0 Å². The number of nitrogens with zero attached hydrogens (tertiary/aromatic N) is 4. The normalized spacial score (nSPS) is 20.1. The molecule has 4 heterocycles. The van der Waals surface area contributed by atoms with Gasteiger partial charge in [0.1, 0.15) is 12.1 Å². The van der Waals surface area contributed by atoms with E-state index in [0.29, 0.717) is 23.2 Å². The summed E-state index contributed by atoms with van der Waals surface area (Å²) in [6.07, 6.45) is 10.8. The van der Waals surface area contributed by atoms with Gasteiger partial charge in [-0.05, 0) is 41.3 Å². The quantitative estimate of drug-likeness (QED) is 0.789. The van der Waals surface area contributed by atoms with Gasteiger partial charge in [0.25, 0.3) is 5.56 Å². The minimum Gasteiger partial charge on any atom is -0.384 e. The molecule has 154 valence electrons. The predicted molar refractivity (Wildman–Crippen MR) is 115 cm³/mol. The largest absolute Gasteiger partial charge is 0.384 e. The third-order valence-corrected chi connectivity index (χ3v) is 6.53. The molecule has 0 radical (unpaired) electrons. The number of sulfone groups is 1. The maximum atomic E-state index is 13.2. The van der Waals surface area contributed by atoms with Crippen molar-refractivity contribution in [3.05, 3.63) is 75.8 Å². The number of aryl methyl sites for hydroxylation is 1. The fourth-order valence-electron chi connectivity index (χ4n) is 4.47. The van der Waals surface area contributed by atoms with Crippen LogP contribution in [0.1, 0.15) is 17.5 Å². The molecule has 0 fully saturated rings. The van der Waals surface area contributed by atoms with Crippen LogP contribution >= 0.6 is 0 Å². The number of pyridine rings is 1. The molecule has 30 heavy (non-hydrogen) atoms. The molecule has 0 aromatic carbocycles. The van der Waals surface area contributed by atoms with Crippen LogP contribution in [0.2, 0.25) is 0 Å². The van der Waals surface area contributed by atoms with E-state index in [1.807, 2.05) is 24.4 Å². The average molecular weight is 423 g/mol. The van der Waals surface area contributed by atoms with Crippen LogP contribution < -0.4 is 15.8 Å². The lowest BCUT2D eigenvalue weighted by atomic mass is 9.92. The number of anilines is 1. The van der Waals surface area contributed by atoms with E-state index in [4.69, 9.17) is 0 Å². The first-order valence-corrected chi connectivity index (χ1v) is 11.7. The van der Waals surface area contributed by atoms with Crippen molar-refractivity contribution in [3.63, 3.8) is 0 Å². The Hall–Kier alpha value is -3.20. The molecule has 5 rings (SSSR count). The number of allylic oxidation sites excluding steroid dienone is 1. The molecule has 1 unspecified atom stereocenters. The molecule has 0 amide bonds. The Morgan fingerprint density at radius 1 is 1.30 bits per heavy atom. The van der Waals surface area contributed by atoms with Gasteiger partial charge < -0.3 is 14.8 Å². The molecule has 8 nitrogen and oxygen atoms in total.